The molecule has 0 aliphatic carbocycles. The van der Waals surface area contributed by atoms with Crippen LogP contribution in [-0.2, 0) is 9.59 Å². The summed E-state index contributed by atoms with van der Waals surface area (Å²) in [6, 6.07) is 1.34. The molecule has 0 radical (unpaired) electrons. The van der Waals surface area contributed by atoms with E-state index in [0.717, 1.165) is 0 Å². The van der Waals surface area contributed by atoms with Crippen molar-refractivity contribution >= 4 is 23.5 Å². The predicted molar refractivity (Wildman–Crippen MR) is 70.3 cm³/mol. The normalized spacial score (nSPS) is 10.1. The van der Waals surface area contributed by atoms with E-state index in [1.54, 1.807) is 0 Å². The molecular weight excluding hydrogens is 270 g/mol. The maximum absolute atomic E-state index is 11.4. The topological polar surface area (TPSA) is 65.5 Å². The molecule has 1 aromatic rings. The molecule has 5 nitrogen and oxygen atoms in total. The quantitative estimate of drug-likeness (QED) is 0.751. The number of halogens is 1. The Labute approximate surface area is 116 Å². The molecule has 0 bridgehead atoms. The number of rotatable bonds is 6. The Bertz CT molecular complexity index is 462. The van der Waals surface area contributed by atoms with Crippen molar-refractivity contribution in [2.24, 2.45) is 0 Å². The van der Waals surface area contributed by atoms with Gasteiger partial charge in [0.05, 0.1) is 6.20 Å². The summed E-state index contributed by atoms with van der Waals surface area (Å²) >= 11 is 5.86. The minimum atomic E-state index is -0.388. The highest BCUT2D eigenvalue weighted by molar-refractivity contribution is 6.32. The zero-order chi connectivity index (χ0) is 14.3. The molecule has 0 amide bonds. The fourth-order valence-corrected chi connectivity index (χ4v) is 1.43. The van der Waals surface area contributed by atoms with E-state index >= 15 is 0 Å². The smallest absolute Gasteiger partial charge is 0.312 e. The number of ether oxygens (including phenoxy) is 2. The molecule has 0 fully saturated rings. The fraction of sp³-hybridized carbons (Fsp3) is 0.462. The first kappa shape index (κ1) is 15.4. The molecule has 0 aliphatic heterocycles. The Kier molecular flexibility index (Phi) is 6.29. The van der Waals surface area contributed by atoms with Crippen LogP contribution in [0.3, 0.4) is 0 Å². The monoisotopic (exact) mass is 285 g/mol. The predicted octanol–water partition coefficient (Wildman–Crippen LogP) is 3.15. The molecule has 0 atom stereocenters. The van der Waals surface area contributed by atoms with Gasteiger partial charge in [0.2, 0.25) is 5.88 Å². The minimum absolute atomic E-state index is 0.0714. The maximum atomic E-state index is 11.4. The largest absolute Gasteiger partial charge is 0.425 e. The first-order valence-electron chi connectivity index (χ1n) is 6.13. The SMILES string of the molecule is CCCC(=O)Oc1cc(OC(=O)CCC)c(Cl)cn1. The zero-order valence-corrected chi connectivity index (χ0v) is 11.7. The third-order valence-electron chi connectivity index (χ3n) is 2.15. The van der Waals surface area contributed by atoms with Gasteiger partial charge in [-0.25, -0.2) is 4.98 Å². The van der Waals surface area contributed by atoms with Crippen LogP contribution in [0.5, 0.6) is 11.6 Å². The molecule has 19 heavy (non-hydrogen) atoms. The summed E-state index contributed by atoms with van der Waals surface area (Å²) in [6.07, 6.45) is 3.24. The Morgan fingerprint density at radius 2 is 1.74 bits per heavy atom. The molecule has 6 heteroatoms. The summed E-state index contributed by atoms with van der Waals surface area (Å²) < 4.78 is 10.1. The van der Waals surface area contributed by atoms with Crippen LogP contribution in [0.15, 0.2) is 12.3 Å². The summed E-state index contributed by atoms with van der Waals surface area (Å²) in [5.74, 6) is -0.554. The highest BCUT2D eigenvalue weighted by atomic mass is 35.5. The maximum Gasteiger partial charge on any atom is 0.312 e. The Hall–Kier alpha value is -1.62. The van der Waals surface area contributed by atoms with Crippen LogP contribution in [0.2, 0.25) is 5.02 Å². The first-order chi connectivity index (χ1) is 9.06. The summed E-state index contributed by atoms with van der Waals surface area (Å²) in [6.45, 7) is 3.74. The summed E-state index contributed by atoms with van der Waals surface area (Å²) in [7, 11) is 0. The molecular formula is C13H16ClNO4. The number of esters is 2. The third kappa shape index (κ3) is 5.26. The molecule has 104 valence electrons. The second kappa shape index (κ2) is 7.74. The Morgan fingerprint density at radius 1 is 1.16 bits per heavy atom. The van der Waals surface area contributed by atoms with Gasteiger partial charge in [-0.05, 0) is 12.8 Å². The van der Waals surface area contributed by atoms with E-state index in [1.165, 1.54) is 12.3 Å². The molecule has 0 aromatic carbocycles. The van der Waals surface area contributed by atoms with Crippen LogP contribution in [0.1, 0.15) is 39.5 Å². The molecule has 1 aromatic heterocycles. The number of pyridine rings is 1. The molecule has 0 aliphatic rings. The lowest BCUT2D eigenvalue weighted by Gasteiger charge is -2.07. The molecule has 0 saturated heterocycles. The zero-order valence-electron chi connectivity index (χ0n) is 10.9. The van der Waals surface area contributed by atoms with Crippen LogP contribution in [0, 0.1) is 0 Å². The average Bonchev–Trinajstić information content (AvgIpc) is 2.34. The van der Waals surface area contributed by atoms with E-state index in [0.29, 0.717) is 25.7 Å². The van der Waals surface area contributed by atoms with Gasteiger partial charge < -0.3 is 9.47 Å². The van der Waals surface area contributed by atoms with E-state index in [1.807, 2.05) is 13.8 Å². The van der Waals surface area contributed by atoms with Gasteiger partial charge in [0.1, 0.15) is 5.02 Å². The average molecular weight is 286 g/mol. The van der Waals surface area contributed by atoms with E-state index in [4.69, 9.17) is 21.1 Å². The van der Waals surface area contributed by atoms with Crippen molar-refractivity contribution < 1.29 is 19.1 Å². The van der Waals surface area contributed by atoms with Crippen LogP contribution in [-0.4, -0.2) is 16.9 Å². The van der Waals surface area contributed by atoms with Crippen LogP contribution in [0.4, 0.5) is 0 Å². The minimum Gasteiger partial charge on any atom is -0.425 e. The second-order valence-corrected chi connectivity index (χ2v) is 4.31. The van der Waals surface area contributed by atoms with Crippen molar-refractivity contribution in [3.63, 3.8) is 0 Å². The van der Waals surface area contributed by atoms with Crippen molar-refractivity contribution in [2.75, 3.05) is 0 Å². The Balaban J connectivity index is 2.76. The van der Waals surface area contributed by atoms with Gasteiger partial charge in [0.15, 0.2) is 5.75 Å². The number of nitrogens with zero attached hydrogens (tertiary/aromatic N) is 1. The van der Waals surface area contributed by atoms with Crippen molar-refractivity contribution in [2.45, 2.75) is 39.5 Å². The van der Waals surface area contributed by atoms with Gasteiger partial charge in [-0.2, -0.15) is 0 Å². The summed E-state index contributed by atoms with van der Waals surface area (Å²) in [5.41, 5.74) is 0. The van der Waals surface area contributed by atoms with E-state index in [-0.39, 0.29) is 28.6 Å². The van der Waals surface area contributed by atoms with Gasteiger partial charge in [-0.15, -0.1) is 0 Å². The van der Waals surface area contributed by atoms with E-state index < -0.39 is 0 Å². The van der Waals surface area contributed by atoms with Gasteiger partial charge in [0, 0.05) is 18.9 Å². The van der Waals surface area contributed by atoms with E-state index in [9.17, 15) is 9.59 Å². The fourth-order valence-electron chi connectivity index (χ4n) is 1.29. The lowest BCUT2D eigenvalue weighted by molar-refractivity contribution is -0.135. The van der Waals surface area contributed by atoms with Crippen molar-refractivity contribution in [1.82, 2.24) is 4.98 Å². The molecule has 0 saturated carbocycles. The first-order valence-corrected chi connectivity index (χ1v) is 6.51. The number of aromatic nitrogens is 1. The second-order valence-electron chi connectivity index (χ2n) is 3.90. The number of carbonyl (C=O) groups excluding carboxylic acids is 2. The van der Waals surface area contributed by atoms with Crippen molar-refractivity contribution in [3.05, 3.63) is 17.3 Å². The molecule has 0 N–H and O–H groups in total. The number of hydrogen-bond donors (Lipinski definition) is 0. The van der Waals surface area contributed by atoms with Crippen molar-refractivity contribution in [3.8, 4) is 11.6 Å². The lowest BCUT2D eigenvalue weighted by atomic mass is 10.3. The van der Waals surface area contributed by atoms with Crippen LogP contribution < -0.4 is 9.47 Å². The Morgan fingerprint density at radius 3 is 2.32 bits per heavy atom. The standard InChI is InChI=1S/C13H16ClNO4/c1-3-5-12(16)18-10-7-11(15-8-9(10)14)19-13(17)6-4-2/h7-8H,3-6H2,1-2H3. The third-order valence-corrected chi connectivity index (χ3v) is 2.43. The van der Waals surface area contributed by atoms with Crippen LogP contribution in [0.25, 0.3) is 0 Å². The van der Waals surface area contributed by atoms with Gasteiger partial charge in [-0.3, -0.25) is 9.59 Å². The number of hydrogen-bond acceptors (Lipinski definition) is 5. The van der Waals surface area contributed by atoms with Crippen molar-refractivity contribution in [1.29, 1.82) is 0 Å². The van der Waals surface area contributed by atoms with E-state index in [2.05, 4.69) is 4.98 Å². The highest BCUT2D eigenvalue weighted by Gasteiger charge is 2.12. The summed E-state index contributed by atoms with van der Waals surface area (Å²) in [4.78, 5) is 26.6. The molecule has 0 unspecified atom stereocenters. The molecule has 1 heterocycles. The molecule has 1 rings (SSSR count). The van der Waals surface area contributed by atoms with Crippen LogP contribution >= 0.6 is 11.6 Å². The van der Waals surface area contributed by atoms with Gasteiger partial charge in [0.25, 0.3) is 0 Å². The van der Waals surface area contributed by atoms with Gasteiger partial charge in [-0.1, -0.05) is 25.4 Å². The molecule has 0 spiro atoms. The summed E-state index contributed by atoms with van der Waals surface area (Å²) in [5, 5.41) is 0.194. The lowest BCUT2D eigenvalue weighted by Crippen LogP contribution is -2.10. The highest BCUT2D eigenvalue weighted by Crippen LogP contribution is 2.27. The number of carbonyl (C=O) groups is 2. The van der Waals surface area contributed by atoms with Gasteiger partial charge >= 0.3 is 11.9 Å².